The third-order valence-electron chi connectivity index (χ3n) is 18.2. The van der Waals surface area contributed by atoms with Gasteiger partial charge >= 0.3 is 6.09 Å². The number of alkyl halides is 1. The minimum Gasteiger partial charge on any atom is -0.508 e. The van der Waals surface area contributed by atoms with E-state index >= 15 is 0 Å². The molecule has 21 heteroatoms. The van der Waals surface area contributed by atoms with E-state index < -0.39 is 5.82 Å². The third-order valence-corrected chi connectivity index (χ3v) is 18.6. The maximum absolute atomic E-state index is 13.5. The van der Waals surface area contributed by atoms with Crippen molar-refractivity contribution in [2.24, 2.45) is 0 Å². The molecule has 18 nitrogen and oxygen atoms in total. The van der Waals surface area contributed by atoms with Crippen LogP contribution in [0.2, 0.25) is 5.02 Å². The number of nitrogens with one attached hydrogen (secondary N) is 4. The van der Waals surface area contributed by atoms with E-state index in [0.29, 0.717) is 53.6 Å². The predicted molar refractivity (Wildman–Crippen MR) is 424 cm³/mol. The zero-order valence-electron chi connectivity index (χ0n) is 61.4. The lowest BCUT2D eigenvalue weighted by Gasteiger charge is -2.37. The average Bonchev–Trinajstić information content (AvgIpc) is 1.12. The van der Waals surface area contributed by atoms with Crippen molar-refractivity contribution in [3.63, 3.8) is 0 Å². The van der Waals surface area contributed by atoms with Crippen LogP contribution in [0.1, 0.15) is 87.3 Å². The molecular formula is C85H96Cl2FN9O9. The van der Waals surface area contributed by atoms with Crippen LogP contribution in [0, 0.1) is 5.82 Å². The van der Waals surface area contributed by atoms with E-state index in [1.807, 2.05) is 18.2 Å². The number of carbonyl (C=O) groups is 4. The zero-order chi connectivity index (χ0) is 75.4. The molecule has 3 amide bonds. The number of anilines is 4. The number of amides is 3. The van der Waals surface area contributed by atoms with Gasteiger partial charge in [0.1, 0.15) is 35.6 Å². The standard InChI is InChI=1S/C23H27N.C22H24ClFN4O3.C15H20N2O2.C15H13NO.C8H9NO2.C2H3ClO/c1-23(2,3)21-14-12-18(13-15-21)16-24(4)17-20-10-7-9-19-8-5-6-11-22(19)20;1-29-20-13-19-16(12-21(20)31-8-2-5-28-6-9-30-10-7-28)22(26-14-25-19)27-15-3-4-18(24)17(23)11-15;18-14-16-12-15(19-14)7-10-17(11-8-15)9-6-13-4-2-1-3-5-13;1-10(17)16-13-6-7-15-12(9-13)8-11-4-2-3-5-14(11)15;1-6(10)9-7-2-4-8(11)5-3-7;3-1-2-4/h5-15H,16-17H2,1-4H3;3-4,11-14H,2,5-10H2,1H3,(H,25,26,27);1-5H,6-12H2,(H,16,18);2-7,9H,8H2,1H3,(H,16,17);2-5,11H,1H3,(H,9,10);2H,1H2. The number of ether oxygens (including phenoxy) is 4. The molecule has 1 aromatic heterocycles. The Balaban J connectivity index is 0.000000156. The van der Waals surface area contributed by atoms with E-state index in [0.717, 1.165) is 109 Å². The van der Waals surface area contributed by atoms with Crippen molar-refractivity contribution in [3.8, 4) is 28.4 Å². The summed E-state index contributed by atoms with van der Waals surface area (Å²) in [6, 6.07) is 63.8. The number of hydrogen-bond donors (Lipinski definition) is 5. The van der Waals surface area contributed by atoms with Gasteiger partial charge < -0.3 is 55.0 Å². The number of benzene rings is 9. The van der Waals surface area contributed by atoms with Crippen LogP contribution in [-0.2, 0) is 55.2 Å². The van der Waals surface area contributed by atoms with Crippen LogP contribution in [0.3, 0.4) is 0 Å². The molecule has 10 aromatic rings. The maximum atomic E-state index is 13.5. The second-order valence-electron chi connectivity index (χ2n) is 27.3. The first-order chi connectivity index (χ1) is 51.2. The molecule has 106 heavy (non-hydrogen) atoms. The van der Waals surface area contributed by atoms with E-state index in [9.17, 15) is 18.8 Å². The third kappa shape index (κ3) is 24.5. The van der Waals surface area contributed by atoms with Crippen molar-refractivity contribution < 1.29 is 47.6 Å². The number of carbonyl (C=O) groups excluding carboxylic acids is 4. The minimum atomic E-state index is -0.475. The lowest BCUT2D eigenvalue weighted by molar-refractivity contribution is -0.115. The molecule has 556 valence electrons. The van der Waals surface area contributed by atoms with Crippen LogP contribution in [0.25, 0.3) is 32.8 Å². The molecule has 9 aromatic carbocycles. The number of alkyl carbamates (subject to hydrolysis) is 1. The lowest BCUT2D eigenvalue weighted by Crippen LogP contribution is -2.47. The van der Waals surface area contributed by atoms with Gasteiger partial charge in [-0.25, -0.2) is 19.2 Å². The first-order valence-corrected chi connectivity index (χ1v) is 36.6. The summed E-state index contributed by atoms with van der Waals surface area (Å²) in [5.41, 5.74) is 13.7. The highest BCUT2D eigenvalue weighted by molar-refractivity contribution is 6.31. The van der Waals surface area contributed by atoms with Crippen molar-refractivity contribution in [2.45, 2.75) is 90.8 Å². The van der Waals surface area contributed by atoms with Crippen molar-refractivity contribution >= 4 is 92.0 Å². The number of morpholine rings is 1. The number of fused-ring (bicyclic) bond motifs is 5. The number of methoxy groups -OCH3 is 1. The summed E-state index contributed by atoms with van der Waals surface area (Å²) in [6.07, 6.45) is 6.68. The van der Waals surface area contributed by atoms with Crippen molar-refractivity contribution in [2.75, 3.05) is 102 Å². The Morgan fingerprint density at radius 1 is 0.708 bits per heavy atom. The molecule has 0 unspecified atom stereocenters. The van der Waals surface area contributed by atoms with Crippen molar-refractivity contribution in [3.05, 3.63) is 245 Å². The lowest BCUT2D eigenvalue weighted by atomic mass is 9.87. The summed E-state index contributed by atoms with van der Waals surface area (Å²) < 4.78 is 35.8. The number of phenolic OH excluding ortho intramolecular Hbond substituents is 1. The number of nitrogens with zero attached hydrogens (tertiary/aromatic N) is 5. The van der Waals surface area contributed by atoms with Crippen molar-refractivity contribution in [1.82, 2.24) is 30.0 Å². The van der Waals surface area contributed by atoms with Crippen LogP contribution in [0.15, 0.2) is 200 Å². The molecule has 5 N–H and O–H groups in total. The highest BCUT2D eigenvalue weighted by atomic mass is 35.5. The van der Waals surface area contributed by atoms with Gasteiger partial charge in [-0.1, -0.05) is 160 Å². The Labute approximate surface area is 631 Å². The fraction of sp³-hybridized carbons (Fsp3) is 0.318. The van der Waals surface area contributed by atoms with E-state index in [2.05, 4.69) is 207 Å². The first-order valence-electron chi connectivity index (χ1n) is 35.7. The van der Waals surface area contributed by atoms with Gasteiger partial charge in [0.2, 0.25) is 11.8 Å². The van der Waals surface area contributed by atoms with Gasteiger partial charge in [-0.2, -0.15) is 0 Å². The first kappa shape index (κ1) is 80.1. The highest BCUT2D eigenvalue weighted by Crippen LogP contribution is 2.39. The zero-order valence-corrected chi connectivity index (χ0v) is 63.0. The number of likely N-dealkylation sites (tertiary alicyclic amines) is 1. The second kappa shape index (κ2) is 39.9. The maximum Gasteiger partial charge on any atom is 0.407 e. The van der Waals surface area contributed by atoms with Gasteiger partial charge in [-0.15, -0.1) is 11.6 Å². The Hall–Kier alpha value is -9.99. The Kier molecular flexibility index (Phi) is 30.2. The SMILES string of the molecule is CC(=O)Nc1ccc(O)cc1.CC(=O)Nc1ccc2c(c1)Cc1ccccc1-2.CN(Cc1ccc(C(C)(C)C)cc1)Cc1cccc2ccccc12.COc1cc2ncnc(Nc3ccc(F)c(Cl)c3)c2cc1OCCCN1CCOCC1.O=C1NCC2(CCN(CCc3ccccc3)CC2)O1.O=CCCl. The fourth-order valence-electron chi connectivity index (χ4n) is 12.7. The number of piperidine rings is 1. The number of aldehydes is 1. The monoisotopic (exact) mass is 1480 g/mol. The summed E-state index contributed by atoms with van der Waals surface area (Å²) in [5.74, 6) is 1.47. The summed E-state index contributed by atoms with van der Waals surface area (Å²) in [6.45, 7) is 20.5. The number of hydrogen-bond acceptors (Lipinski definition) is 15. The molecule has 0 atom stereocenters. The van der Waals surface area contributed by atoms with Crippen LogP contribution >= 0.6 is 23.2 Å². The van der Waals surface area contributed by atoms with Gasteiger partial charge in [0.25, 0.3) is 0 Å². The van der Waals surface area contributed by atoms with Gasteiger partial charge in [-0.3, -0.25) is 19.4 Å². The molecule has 0 bridgehead atoms. The van der Waals surface area contributed by atoms with Gasteiger partial charge in [0, 0.05) is 108 Å². The van der Waals surface area contributed by atoms with Crippen LogP contribution in [-0.4, -0.2) is 145 Å². The normalized spacial score (nSPS) is 14.0. The summed E-state index contributed by atoms with van der Waals surface area (Å²) in [5, 5.41) is 23.7. The molecule has 4 aliphatic rings. The quantitative estimate of drug-likeness (QED) is 0.0234. The Morgan fingerprint density at radius 2 is 1.36 bits per heavy atom. The topological polar surface area (TPSA) is 209 Å². The van der Waals surface area contributed by atoms with Crippen LogP contribution in [0.5, 0.6) is 17.2 Å². The molecule has 3 fully saturated rings. The van der Waals surface area contributed by atoms with Gasteiger partial charge in [0.15, 0.2) is 11.5 Å². The average molecular weight is 1480 g/mol. The molecule has 14 rings (SSSR count). The second-order valence-corrected chi connectivity index (χ2v) is 28.1. The van der Waals surface area contributed by atoms with Crippen LogP contribution < -0.4 is 30.7 Å². The molecule has 1 spiro atoms. The molecular weight excluding hydrogens is 1380 g/mol. The highest BCUT2D eigenvalue weighted by Gasteiger charge is 2.42. The molecule has 4 heterocycles. The van der Waals surface area contributed by atoms with E-state index in [-0.39, 0.29) is 45.6 Å². The van der Waals surface area contributed by atoms with Crippen LogP contribution in [0.4, 0.5) is 32.1 Å². The van der Waals surface area contributed by atoms with Gasteiger partial charge in [-0.05, 0) is 148 Å². The molecule has 1 aliphatic carbocycles. The number of aromatic hydroxyl groups is 1. The van der Waals surface area contributed by atoms with Gasteiger partial charge in [0.05, 0.1) is 49.9 Å². The molecule has 0 radical (unpaired) electrons. The smallest absolute Gasteiger partial charge is 0.407 e. The molecule has 3 aliphatic heterocycles. The summed E-state index contributed by atoms with van der Waals surface area (Å²) in [7, 11) is 3.79. The fourth-order valence-corrected chi connectivity index (χ4v) is 12.9. The summed E-state index contributed by atoms with van der Waals surface area (Å²) >= 11 is 10.7. The largest absolute Gasteiger partial charge is 0.508 e. The van der Waals surface area contributed by atoms with E-state index in [1.165, 1.54) is 99.7 Å². The summed E-state index contributed by atoms with van der Waals surface area (Å²) in [4.78, 5) is 57.6. The van der Waals surface area contributed by atoms with E-state index in [1.54, 1.807) is 25.3 Å². The molecule has 0 saturated carbocycles. The Morgan fingerprint density at radius 3 is 2.04 bits per heavy atom. The molecule has 3 saturated heterocycles. The van der Waals surface area contributed by atoms with E-state index in [4.69, 9.17) is 52.1 Å². The number of phenols is 1. The minimum absolute atomic E-state index is 0.0274. The number of aromatic nitrogens is 2. The van der Waals surface area contributed by atoms with Crippen molar-refractivity contribution in [1.29, 1.82) is 0 Å². The predicted octanol–water partition coefficient (Wildman–Crippen LogP) is 16.8. The number of halogens is 3. The number of rotatable bonds is 18. The Bertz CT molecular complexity index is 4490.